The molecule has 1 saturated heterocycles. The highest BCUT2D eigenvalue weighted by molar-refractivity contribution is 5.99. The highest BCUT2D eigenvalue weighted by Crippen LogP contribution is 2.40. The van der Waals surface area contributed by atoms with Crippen LogP contribution in [0.4, 0.5) is 0 Å². The van der Waals surface area contributed by atoms with Crippen LogP contribution in [0.2, 0.25) is 0 Å². The van der Waals surface area contributed by atoms with Crippen LogP contribution in [-0.2, 0) is 11.2 Å². The van der Waals surface area contributed by atoms with E-state index in [-0.39, 0.29) is 23.9 Å². The molecule has 6 heteroatoms. The van der Waals surface area contributed by atoms with Gasteiger partial charge in [-0.05, 0) is 63.6 Å². The molecule has 3 aromatic rings. The van der Waals surface area contributed by atoms with Gasteiger partial charge >= 0.3 is 5.63 Å². The molecule has 1 aliphatic heterocycles. The van der Waals surface area contributed by atoms with Crippen molar-refractivity contribution in [2.45, 2.75) is 71.3 Å². The van der Waals surface area contributed by atoms with Crippen molar-refractivity contribution in [3.63, 3.8) is 0 Å². The topological polar surface area (TPSA) is 83.9 Å². The lowest BCUT2D eigenvalue weighted by Crippen LogP contribution is -2.54. The van der Waals surface area contributed by atoms with Crippen LogP contribution in [-0.4, -0.2) is 34.6 Å². The lowest BCUT2D eigenvalue weighted by Gasteiger charge is -2.47. The van der Waals surface area contributed by atoms with Crippen molar-refractivity contribution in [3.8, 4) is 0 Å². The summed E-state index contributed by atoms with van der Waals surface area (Å²) in [6, 6.07) is 2.02. The lowest BCUT2D eigenvalue weighted by atomic mass is 9.71. The highest BCUT2D eigenvalue weighted by atomic mass is 16.4. The van der Waals surface area contributed by atoms with Crippen molar-refractivity contribution >= 4 is 27.8 Å². The standard InChI is InChI=1S/C26H31NO5/c1-15-14-31-23-17(3)24-21(12-20(15)23)16(2)19(25(29)32-24)7-8-22(28)27-11-10-26(30)9-5-4-6-18(26)13-27/h12,14,18,30H,4-11,13H2,1-3H3/t18-,26+/m0/s1. The molecular weight excluding hydrogens is 406 g/mol. The SMILES string of the molecule is Cc1coc2c(C)c3oc(=O)c(CCC(=O)N4CC[C@]5(O)CCCC[C@H]5C4)c(C)c3cc12. The number of likely N-dealkylation sites (tertiary alicyclic amines) is 1. The average Bonchev–Trinajstić information content (AvgIpc) is 3.14. The third-order valence-electron chi connectivity index (χ3n) is 7.90. The Morgan fingerprint density at radius 2 is 1.97 bits per heavy atom. The van der Waals surface area contributed by atoms with E-state index in [2.05, 4.69) is 0 Å². The van der Waals surface area contributed by atoms with Crippen LogP contribution in [0.3, 0.4) is 0 Å². The second-order valence-corrected chi connectivity index (χ2v) is 9.80. The first-order valence-electron chi connectivity index (χ1n) is 11.7. The van der Waals surface area contributed by atoms with E-state index < -0.39 is 5.60 Å². The average molecular weight is 438 g/mol. The first-order valence-corrected chi connectivity index (χ1v) is 11.7. The zero-order chi connectivity index (χ0) is 22.6. The summed E-state index contributed by atoms with van der Waals surface area (Å²) in [4.78, 5) is 27.7. The number of furan rings is 1. The Labute approximate surface area is 187 Å². The largest absolute Gasteiger partial charge is 0.464 e. The third-order valence-corrected chi connectivity index (χ3v) is 7.90. The van der Waals surface area contributed by atoms with E-state index in [0.717, 1.165) is 58.7 Å². The van der Waals surface area contributed by atoms with Crippen LogP contribution in [0.5, 0.6) is 0 Å². The molecule has 0 bridgehead atoms. The molecule has 0 spiro atoms. The number of fused-ring (bicyclic) bond motifs is 3. The van der Waals surface area contributed by atoms with Crippen LogP contribution in [0.1, 0.15) is 60.8 Å². The summed E-state index contributed by atoms with van der Waals surface area (Å²) in [5.41, 5.74) is 3.62. The smallest absolute Gasteiger partial charge is 0.339 e. The fourth-order valence-corrected chi connectivity index (χ4v) is 5.80. The third kappa shape index (κ3) is 3.36. The number of rotatable bonds is 3. The zero-order valence-corrected chi connectivity index (χ0v) is 19.1. The van der Waals surface area contributed by atoms with E-state index in [1.165, 1.54) is 0 Å². The van der Waals surface area contributed by atoms with Gasteiger partial charge in [0.15, 0.2) is 0 Å². The van der Waals surface area contributed by atoms with Gasteiger partial charge in [-0.15, -0.1) is 0 Å². The maximum Gasteiger partial charge on any atom is 0.339 e. The normalized spacial score (nSPS) is 23.6. The Morgan fingerprint density at radius 1 is 1.16 bits per heavy atom. The van der Waals surface area contributed by atoms with Gasteiger partial charge in [-0.25, -0.2) is 4.79 Å². The molecule has 1 aromatic carbocycles. The van der Waals surface area contributed by atoms with Crippen molar-refractivity contribution in [1.82, 2.24) is 4.90 Å². The number of carbonyl (C=O) groups excluding carboxylic acids is 1. The molecule has 1 aliphatic carbocycles. The van der Waals surface area contributed by atoms with Crippen molar-refractivity contribution in [2.75, 3.05) is 13.1 Å². The van der Waals surface area contributed by atoms with Crippen LogP contribution >= 0.6 is 0 Å². The molecule has 1 amide bonds. The van der Waals surface area contributed by atoms with Gasteiger partial charge in [0.05, 0.1) is 11.9 Å². The van der Waals surface area contributed by atoms with E-state index in [0.29, 0.717) is 37.1 Å². The Hall–Kier alpha value is -2.60. The fraction of sp³-hybridized carbons (Fsp3) is 0.538. The van der Waals surface area contributed by atoms with Crippen molar-refractivity contribution in [3.05, 3.63) is 45.0 Å². The zero-order valence-electron chi connectivity index (χ0n) is 19.1. The van der Waals surface area contributed by atoms with Crippen molar-refractivity contribution < 1.29 is 18.7 Å². The molecule has 32 heavy (non-hydrogen) atoms. The van der Waals surface area contributed by atoms with Crippen LogP contribution in [0.15, 0.2) is 26.0 Å². The molecular formula is C26H31NO5. The van der Waals surface area contributed by atoms with Crippen molar-refractivity contribution in [2.24, 2.45) is 5.92 Å². The number of piperidine rings is 1. The molecule has 2 aliphatic rings. The predicted molar refractivity (Wildman–Crippen MR) is 123 cm³/mol. The van der Waals surface area contributed by atoms with E-state index in [4.69, 9.17) is 8.83 Å². The predicted octanol–water partition coefficient (Wildman–Crippen LogP) is 4.55. The first-order chi connectivity index (χ1) is 15.3. The molecule has 2 aromatic heterocycles. The van der Waals surface area contributed by atoms with Crippen LogP contribution < -0.4 is 5.63 Å². The maximum absolute atomic E-state index is 13.0. The molecule has 1 N–H and O–H groups in total. The number of hydrogen-bond donors (Lipinski definition) is 1. The second-order valence-electron chi connectivity index (χ2n) is 9.80. The molecule has 0 radical (unpaired) electrons. The van der Waals surface area contributed by atoms with Gasteiger partial charge in [-0.3, -0.25) is 4.79 Å². The number of hydrogen-bond acceptors (Lipinski definition) is 5. The van der Waals surface area contributed by atoms with E-state index in [1.54, 1.807) is 6.26 Å². The quantitative estimate of drug-likeness (QED) is 0.608. The molecule has 2 atom stereocenters. The number of carbonyl (C=O) groups is 1. The number of aryl methyl sites for hydroxylation is 3. The Balaban J connectivity index is 1.38. The van der Waals surface area contributed by atoms with Gasteiger partial charge in [0.1, 0.15) is 11.2 Å². The van der Waals surface area contributed by atoms with E-state index >= 15 is 0 Å². The summed E-state index contributed by atoms with van der Waals surface area (Å²) in [5, 5.41) is 12.8. The van der Waals surface area contributed by atoms with Crippen LogP contribution in [0, 0.1) is 26.7 Å². The summed E-state index contributed by atoms with van der Waals surface area (Å²) in [6.45, 7) is 7.05. The summed E-state index contributed by atoms with van der Waals surface area (Å²) in [7, 11) is 0. The summed E-state index contributed by atoms with van der Waals surface area (Å²) < 4.78 is 11.4. The number of nitrogens with zero attached hydrogens (tertiary/aromatic N) is 1. The summed E-state index contributed by atoms with van der Waals surface area (Å²) >= 11 is 0. The minimum atomic E-state index is -0.598. The summed E-state index contributed by atoms with van der Waals surface area (Å²) in [6.07, 6.45) is 7.02. The monoisotopic (exact) mass is 437 g/mol. The Kier molecular flexibility index (Phi) is 5.16. The molecule has 5 rings (SSSR count). The molecule has 1 saturated carbocycles. The Bertz CT molecular complexity index is 1270. The van der Waals surface area contributed by atoms with Gasteiger partial charge in [-0.2, -0.15) is 0 Å². The van der Waals surface area contributed by atoms with E-state index in [9.17, 15) is 14.7 Å². The van der Waals surface area contributed by atoms with Gasteiger partial charge < -0.3 is 18.8 Å². The fourth-order valence-electron chi connectivity index (χ4n) is 5.80. The molecule has 0 unspecified atom stereocenters. The van der Waals surface area contributed by atoms with Gasteiger partial charge in [0.2, 0.25) is 5.91 Å². The number of benzene rings is 1. The molecule has 3 heterocycles. The molecule has 6 nitrogen and oxygen atoms in total. The Morgan fingerprint density at radius 3 is 2.78 bits per heavy atom. The molecule has 2 fully saturated rings. The highest BCUT2D eigenvalue weighted by Gasteiger charge is 2.43. The first kappa shape index (κ1) is 21.3. The molecule has 170 valence electrons. The van der Waals surface area contributed by atoms with Gasteiger partial charge in [0.25, 0.3) is 0 Å². The van der Waals surface area contributed by atoms with E-state index in [1.807, 2.05) is 31.7 Å². The lowest BCUT2D eigenvalue weighted by molar-refractivity contribution is -0.143. The maximum atomic E-state index is 13.0. The van der Waals surface area contributed by atoms with Crippen LogP contribution in [0.25, 0.3) is 21.9 Å². The number of aliphatic hydroxyl groups is 1. The summed E-state index contributed by atoms with van der Waals surface area (Å²) in [5.74, 6) is 0.221. The van der Waals surface area contributed by atoms with Crippen molar-refractivity contribution in [1.29, 1.82) is 0 Å². The van der Waals surface area contributed by atoms with Gasteiger partial charge in [0, 0.05) is 47.3 Å². The van der Waals surface area contributed by atoms with Gasteiger partial charge in [-0.1, -0.05) is 12.8 Å². The minimum absolute atomic E-state index is 0.0498. The second kappa shape index (κ2) is 7.77. The number of amides is 1. The minimum Gasteiger partial charge on any atom is -0.464 e.